The van der Waals surface area contributed by atoms with Crippen LogP contribution in [0.15, 0.2) is 10.7 Å². The van der Waals surface area contributed by atoms with Crippen molar-refractivity contribution >= 4 is 25.8 Å². The first-order valence-corrected chi connectivity index (χ1v) is 8.13. The lowest BCUT2D eigenvalue weighted by Gasteiger charge is -2.22. The molecule has 8 heteroatoms. The van der Waals surface area contributed by atoms with Crippen molar-refractivity contribution in [2.45, 2.75) is 18.6 Å². The van der Waals surface area contributed by atoms with Crippen molar-refractivity contribution in [3.63, 3.8) is 0 Å². The molecule has 102 valence electrons. The number of nitrogens with zero attached hydrogens (tertiary/aromatic N) is 2. The quantitative estimate of drug-likeness (QED) is 0.853. The van der Waals surface area contributed by atoms with Crippen LogP contribution in [0.3, 0.4) is 0 Å². The molecule has 0 radical (unpaired) electrons. The van der Waals surface area contributed by atoms with Gasteiger partial charge in [-0.2, -0.15) is 5.10 Å². The molecule has 1 aromatic heterocycles. The molecule has 0 aliphatic carbocycles. The van der Waals surface area contributed by atoms with Gasteiger partial charge in [-0.3, -0.25) is 4.68 Å². The summed E-state index contributed by atoms with van der Waals surface area (Å²) in [5, 5.41) is 14.7. The van der Waals surface area contributed by atoms with E-state index in [1.54, 1.807) is 18.0 Å². The SMILES string of the molecule is COCCn1ncc(Br)c1C1(O)CCS(=O)(=O)C1. The minimum Gasteiger partial charge on any atom is -0.383 e. The van der Waals surface area contributed by atoms with Crippen molar-refractivity contribution in [2.24, 2.45) is 0 Å². The molecule has 0 bridgehead atoms. The summed E-state index contributed by atoms with van der Waals surface area (Å²) in [4.78, 5) is 0. The molecule has 1 N–H and O–H groups in total. The Morgan fingerprint density at radius 2 is 2.39 bits per heavy atom. The van der Waals surface area contributed by atoms with Crippen molar-refractivity contribution in [1.82, 2.24) is 9.78 Å². The highest BCUT2D eigenvalue weighted by Crippen LogP contribution is 2.37. The fourth-order valence-electron chi connectivity index (χ4n) is 2.19. The summed E-state index contributed by atoms with van der Waals surface area (Å²) >= 11 is 3.31. The second-order valence-electron chi connectivity index (χ2n) is 4.43. The predicted octanol–water partition coefficient (Wildman–Crippen LogP) is 0.298. The van der Waals surface area contributed by atoms with Crippen molar-refractivity contribution in [1.29, 1.82) is 0 Å². The van der Waals surface area contributed by atoms with E-state index in [4.69, 9.17) is 4.74 Å². The zero-order chi connectivity index (χ0) is 13.4. The smallest absolute Gasteiger partial charge is 0.153 e. The summed E-state index contributed by atoms with van der Waals surface area (Å²) in [6, 6.07) is 0. The largest absolute Gasteiger partial charge is 0.383 e. The highest BCUT2D eigenvalue weighted by molar-refractivity contribution is 9.10. The first-order valence-electron chi connectivity index (χ1n) is 5.51. The van der Waals surface area contributed by atoms with E-state index < -0.39 is 15.4 Å². The maximum absolute atomic E-state index is 11.5. The second kappa shape index (κ2) is 4.92. The third-order valence-electron chi connectivity index (χ3n) is 3.03. The van der Waals surface area contributed by atoms with Gasteiger partial charge in [0.2, 0.25) is 0 Å². The van der Waals surface area contributed by atoms with Gasteiger partial charge in [0.1, 0.15) is 5.60 Å². The fraction of sp³-hybridized carbons (Fsp3) is 0.700. The Balaban J connectivity index is 2.35. The highest BCUT2D eigenvalue weighted by atomic mass is 79.9. The molecule has 1 aliphatic rings. The highest BCUT2D eigenvalue weighted by Gasteiger charge is 2.45. The first-order chi connectivity index (χ1) is 8.38. The van der Waals surface area contributed by atoms with Crippen LogP contribution >= 0.6 is 15.9 Å². The molecule has 1 aromatic rings. The van der Waals surface area contributed by atoms with Crippen LogP contribution in [0.5, 0.6) is 0 Å². The van der Waals surface area contributed by atoms with E-state index in [2.05, 4.69) is 21.0 Å². The van der Waals surface area contributed by atoms with Crippen LogP contribution < -0.4 is 0 Å². The summed E-state index contributed by atoms with van der Waals surface area (Å²) in [6.07, 6.45) is 1.76. The number of hydrogen-bond acceptors (Lipinski definition) is 5. The van der Waals surface area contributed by atoms with Crippen LogP contribution in [0.2, 0.25) is 0 Å². The minimum atomic E-state index is -3.18. The van der Waals surface area contributed by atoms with Gasteiger partial charge in [-0.1, -0.05) is 0 Å². The number of aromatic nitrogens is 2. The molecule has 1 aliphatic heterocycles. The average molecular weight is 339 g/mol. The van der Waals surface area contributed by atoms with Crippen LogP contribution in [0.4, 0.5) is 0 Å². The first kappa shape index (κ1) is 14.0. The fourth-order valence-corrected chi connectivity index (χ4v) is 4.66. The van der Waals surface area contributed by atoms with Crippen LogP contribution in [-0.4, -0.2) is 48.5 Å². The van der Waals surface area contributed by atoms with Crippen molar-refractivity contribution in [2.75, 3.05) is 25.2 Å². The molecule has 18 heavy (non-hydrogen) atoms. The van der Waals surface area contributed by atoms with Crippen LogP contribution in [0, 0.1) is 0 Å². The molecule has 1 saturated heterocycles. The molecule has 1 fully saturated rings. The number of methoxy groups -OCH3 is 1. The zero-order valence-electron chi connectivity index (χ0n) is 9.97. The molecule has 1 unspecified atom stereocenters. The van der Waals surface area contributed by atoms with Gasteiger partial charge in [0, 0.05) is 7.11 Å². The van der Waals surface area contributed by atoms with E-state index in [1.807, 2.05) is 0 Å². The molecular weight excluding hydrogens is 324 g/mol. The zero-order valence-corrected chi connectivity index (χ0v) is 12.4. The summed E-state index contributed by atoms with van der Waals surface area (Å²) in [7, 11) is -1.60. The summed E-state index contributed by atoms with van der Waals surface area (Å²) in [6.45, 7) is 0.920. The number of hydrogen-bond donors (Lipinski definition) is 1. The number of rotatable bonds is 4. The van der Waals surface area contributed by atoms with Gasteiger partial charge in [0.05, 0.1) is 41.0 Å². The van der Waals surface area contributed by atoms with Gasteiger partial charge in [0.25, 0.3) is 0 Å². The topological polar surface area (TPSA) is 81.4 Å². The molecule has 0 saturated carbocycles. The second-order valence-corrected chi connectivity index (χ2v) is 7.47. The Bertz CT molecular complexity index is 542. The number of ether oxygens (including phenoxy) is 1. The third kappa shape index (κ3) is 2.61. The lowest BCUT2D eigenvalue weighted by molar-refractivity contribution is 0.0526. The minimum absolute atomic E-state index is 0.00535. The Hall–Kier alpha value is -0.440. The van der Waals surface area contributed by atoms with Gasteiger partial charge < -0.3 is 9.84 Å². The monoisotopic (exact) mass is 338 g/mol. The predicted molar refractivity (Wildman–Crippen MR) is 69.0 cm³/mol. The van der Waals surface area contributed by atoms with Gasteiger partial charge in [-0.15, -0.1) is 0 Å². The number of halogens is 1. The molecule has 0 spiro atoms. The summed E-state index contributed by atoms with van der Waals surface area (Å²) in [5.41, 5.74) is -0.845. The molecule has 1 atom stereocenters. The van der Waals surface area contributed by atoms with Gasteiger partial charge in [-0.25, -0.2) is 8.42 Å². The van der Waals surface area contributed by atoms with Crippen LogP contribution in [-0.2, 0) is 26.7 Å². The summed E-state index contributed by atoms with van der Waals surface area (Å²) < 4.78 is 30.3. The maximum Gasteiger partial charge on any atom is 0.153 e. The molecule has 6 nitrogen and oxygen atoms in total. The van der Waals surface area contributed by atoms with E-state index in [0.29, 0.717) is 23.3 Å². The lowest BCUT2D eigenvalue weighted by atomic mass is 9.99. The van der Waals surface area contributed by atoms with E-state index in [1.165, 1.54) is 0 Å². The van der Waals surface area contributed by atoms with Crippen LogP contribution in [0.1, 0.15) is 12.1 Å². The Kier molecular flexibility index (Phi) is 3.82. The van der Waals surface area contributed by atoms with Crippen LogP contribution in [0.25, 0.3) is 0 Å². The maximum atomic E-state index is 11.5. The standard InChI is InChI=1S/C10H15BrN2O4S/c1-17-4-3-13-9(8(11)6-12-13)10(14)2-5-18(15,16)7-10/h6,14H,2-5,7H2,1H3. The van der Waals surface area contributed by atoms with E-state index in [0.717, 1.165) is 0 Å². The molecule has 0 amide bonds. The molecular formula is C10H15BrN2O4S. The summed E-state index contributed by atoms with van der Waals surface area (Å²) in [5.74, 6) is -0.247. The van der Waals surface area contributed by atoms with Gasteiger partial charge >= 0.3 is 0 Å². The van der Waals surface area contributed by atoms with Crippen molar-refractivity contribution < 1.29 is 18.3 Å². The Morgan fingerprint density at radius 1 is 1.67 bits per heavy atom. The van der Waals surface area contributed by atoms with Gasteiger partial charge in [0.15, 0.2) is 9.84 Å². The lowest BCUT2D eigenvalue weighted by Crippen LogP contribution is -2.31. The average Bonchev–Trinajstić information content (AvgIpc) is 2.77. The van der Waals surface area contributed by atoms with E-state index in [9.17, 15) is 13.5 Å². The van der Waals surface area contributed by atoms with Crippen molar-refractivity contribution in [3.05, 3.63) is 16.4 Å². The third-order valence-corrected chi connectivity index (χ3v) is 5.35. The Labute approximate surface area is 114 Å². The van der Waals surface area contributed by atoms with E-state index >= 15 is 0 Å². The van der Waals surface area contributed by atoms with Gasteiger partial charge in [-0.05, 0) is 22.4 Å². The van der Waals surface area contributed by atoms with Crippen molar-refractivity contribution in [3.8, 4) is 0 Å². The molecule has 0 aromatic carbocycles. The molecule has 2 rings (SSSR count). The number of sulfone groups is 1. The number of aliphatic hydroxyl groups is 1. The Morgan fingerprint density at radius 3 is 2.94 bits per heavy atom. The van der Waals surface area contributed by atoms with E-state index in [-0.39, 0.29) is 17.9 Å². The normalized spacial score (nSPS) is 26.6. The molecule has 2 heterocycles.